The van der Waals surface area contributed by atoms with Gasteiger partial charge in [0.25, 0.3) is 0 Å². The van der Waals surface area contributed by atoms with E-state index in [1.807, 2.05) is 24.3 Å². The fraction of sp³-hybridized carbons (Fsp3) is 0.571. The second kappa shape index (κ2) is 5.92. The van der Waals surface area contributed by atoms with E-state index in [9.17, 15) is 0 Å². The van der Waals surface area contributed by atoms with Gasteiger partial charge >= 0.3 is 0 Å². The highest BCUT2D eigenvalue weighted by molar-refractivity contribution is 5.43. The maximum absolute atomic E-state index is 5.75. The number of nitrogens with two attached hydrogens (primary N) is 1. The Hall–Kier alpha value is -1.22. The Balaban J connectivity index is 1.73. The topological polar surface area (TPSA) is 38.5 Å². The number of nitrogen functional groups attached to an aromatic ring is 1. The second-order valence-electron chi connectivity index (χ2n) is 5.00. The minimum Gasteiger partial charge on any atom is -0.493 e. The van der Waals surface area contributed by atoms with Gasteiger partial charge in [0, 0.05) is 24.2 Å². The second-order valence-corrected chi connectivity index (χ2v) is 5.00. The molecule has 0 bridgehead atoms. The number of nitrogens with zero attached hydrogens (tertiary/aromatic N) is 1. The number of hydrogen-bond donors (Lipinski definition) is 1. The first-order chi connectivity index (χ1) is 8.24. The molecule has 1 saturated heterocycles. The first-order valence-corrected chi connectivity index (χ1v) is 6.45. The lowest BCUT2D eigenvalue weighted by Crippen LogP contribution is -2.28. The molecule has 94 valence electrons. The Labute approximate surface area is 104 Å². The van der Waals surface area contributed by atoms with Crippen molar-refractivity contribution in [2.24, 2.45) is 5.92 Å². The number of likely N-dealkylation sites (tertiary alicyclic amines) is 1. The van der Waals surface area contributed by atoms with E-state index in [4.69, 9.17) is 10.5 Å². The van der Waals surface area contributed by atoms with E-state index in [0.29, 0.717) is 5.92 Å². The Morgan fingerprint density at radius 1 is 1.35 bits per heavy atom. The minimum absolute atomic E-state index is 0.564. The van der Waals surface area contributed by atoms with Crippen LogP contribution in [0.15, 0.2) is 24.3 Å². The molecule has 0 saturated carbocycles. The zero-order valence-electron chi connectivity index (χ0n) is 10.6. The summed E-state index contributed by atoms with van der Waals surface area (Å²) in [6, 6.07) is 7.64. The van der Waals surface area contributed by atoms with Crippen molar-refractivity contribution < 1.29 is 4.74 Å². The van der Waals surface area contributed by atoms with Crippen LogP contribution >= 0.6 is 0 Å². The third-order valence-corrected chi connectivity index (χ3v) is 3.16. The van der Waals surface area contributed by atoms with Gasteiger partial charge in [-0.25, -0.2) is 0 Å². The Bertz CT molecular complexity index is 348. The summed E-state index contributed by atoms with van der Waals surface area (Å²) in [6.07, 6.45) is 2.70. The molecular weight excluding hydrogens is 212 g/mol. The summed E-state index contributed by atoms with van der Waals surface area (Å²) in [5.74, 6) is 1.44. The molecule has 1 heterocycles. The van der Waals surface area contributed by atoms with Gasteiger partial charge in [-0.2, -0.15) is 0 Å². The smallest absolute Gasteiger partial charge is 0.121 e. The molecule has 17 heavy (non-hydrogen) atoms. The number of anilines is 1. The van der Waals surface area contributed by atoms with Crippen molar-refractivity contribution in [3.8, 4) is 5.75 Å². The minimum atomic E-state index is 0.564. The third-order valence-electron chi connectivity index (χ3n) is 3.16. The van der Waals surface area contributed by atoms with E-state index in [-0.39, 0.29) is 0 Å². The van der Waals surface area contributed by atoms with E-state index < -0.39 is 0 Å². The molecule has 1 atom stereocenters. The van der Waals surface area contributed by atoms with Crippen LogP contribution < -0.4 is 10.5 Å². The molecule has 1 aromatic carbocycles. The lowest BCUT2D eigenvalue weighted by Gasteiger charge is -2.20. The first-order valence-electron chi connectivity index (χ1n) is 6.45. The van der Waals surface area contributed by atoms with Gasteiger partial charge in [0.1, 0.15) is 5.75 Å². The van der Waals surface area contributed by atoms with E-state index in [1.165, 1.54) is 25.9 Å². The molecule has 3 heteroatoms. The molecule has 2 rings (SSSR count). The van der Waals surface area contributed by atoms with Crippen LogP contribution in [-0.2, 0) is 0 Å². The SMILES string of the molecule is CC(COc1cccc(N)c1)CN1CCCC1. The van der Waals surface area contributed by atoms with Crippen LogP contribution in [0.1, 0.15) is 19.8 Å². The van der Waals surface area contributed by atoms with Crippen LogP contribution in [0, 0.1) is 5.92 Å². The van der Waals surface area contributed by atoms with Gasteiger partial charge in [0.05, 0.1) is 6.61 Å². The highest BCUT2D eigenvalue weighted by Gasteiger charge is 2.14. The fourth-order valence-corrected chi connectivity index (χ4v) is 2.30. The molecule has 1 aliphatic heterocycles. The monoisotopic (exact) mass is 234 g/mol. The lowest BCUT2D eigenvalue weighted by atomic mass is 10.2. The summed E-state index contributed by atoms with van der Waals surface area (Å²) < 4.78 is 5.75. The van der Waals surface area contributed by atoms with Crippen LogP contribution in [0.5, 0.6) is 5.75 Å². The van der Waals surface area contributed by atoms with E-state index in [0.717, 1.165) is 24.6 Å². The molecule has 0 amide bonds. The summed E-state index contributed by atoms with van der Waals surface area (Å²) in [5.41, 5.74) is 6.47. The largest absolute Gasteiger partial charge is 0.493 e. The van der Waals surface area contributed by atoms with Crippen LogP contribution in [-0.4, -0.2) is 31.1 Å². The normalized spacial score (nSPS) is 18.2. The average molecular weight is 234 g/mol. The summed E-state index contributed by atoms with van der Waals surface area (Å²) in [6.45, 7) is 6.65. The number of rotatable bonds is 5. The summed E-state index contributed by atoms with van der Waals surface area (Å²) in [5, 5.41) is 0. The van der Waals surface area contributed by atoms with Crippen LogP contribution in [0.2, 0.25) is 0 Å². The molecule has 0 aliphatic carbocycles. The summed E-state index contributed by atoms with van der Waals surface area (Å²) in [4.78, 5) is 2.52. The quantitative estimate of drug-likeness (QED) is 0.795. The van der Waals surface area contributed by atoms with Crippen molar-refractivity contribution in [2.45, 2.75) is 19.8 Å². The molecule has 2 N–H and O–H groups in total. The average Bonchev–Trinajstić information content (AvgIpc) is 2.79. The van der Waals surface area contributed by atoms with Crippen LogP contribution in [0.4, 0.5) is 5.69 Å². The molecule has 0 spiro atoms. The van der Waals surface area contributed by atoms with Gasteiger partial charge in [-0.15, -0.1) is 0 Å². The molecule has 1 unspecified atom stereocenters. The van der Waals surface area contributed by atoms with Crippen molar-refractivity contribution in [2.75, 3.05) is 32.0 Å². The highest BCUT2D eigenvalue weighted by Crippen LogP contribution is 2.16. The van der Waals surface area contributed by atoms with Gasteiger partial charge in [-0.3, -0.25) is 0 Å². The van der Waals surface area contributed by atoms with Gasteiger partial charge in [0.2, 0.25) is 0 Å². The Kier molecular flexibility index (Phi) is 4.26. The fourth-order valence-electron chi connectivity index (χ4n) is 2.30. The van der Waals surface area contributed by atoms with E-state index in [1.54, 1.807) is 0 Å². The predicted molar refractivity (Wildman–Crippen MR) is 71.2 cm³/mol. The van der Waals surface area contributed by atoms with Crippen molar-refractivity contribution in [1.29, 1.82) is 0 Å². The zero-order valence-corrected chi connectivity index (χ0v) is 10.6. The molecule has 0 aromatic heterocycles. The molecule has 0 radical (unpaired) electrons. The molecule has 1 aromatic rings. The molecular formula is C14H22N2O. The van der Waals surface area contributed by atoms with Crippen LogP contribution in [0.3, 0.4) is 0 Å². The van der Waals surface area contributed by atoms with Crippen molar-refractivity contribution in [3.63, 3.8) is 0 Å². The number of ether oxygens (including phenoxy) is 1. The maximum atomic E-state index is 5.75. The number of benzene rings is 1. The zero-order chi connectivity index (χ0) is 12.1. The third kappa shape index (κ3) is 3.93. The highest BCUT2D eigenvalue weighted by atomic mass is 16.5. The Morgan fingerprint density at radius 2 is 2.12 bits per heavy atom. The van der Waals surface area contributed by atoms with Crippen LogP contribution in [0.25, 0.3) is 0 Å². The van der Waals surface area contributed by atoms with Crippen molar-refractivity contribution >= 4 is 5.69 Å². The van der Waals surface area contributed by atoms with Crippen molar-refractivity contribution in [3.05, 3.63) is 24.3 Å². The van der Waals surface area contributed by atoms with Gasteiger partial charge in [0.15, 0.2) is 0 Å². The maximum Gasteiger partial charge on any atom is 0.121 e. The van der Waals surface area contributed by atoms with E-state index in [2.05, 4.69) is 11.8 Å². The predicted octanol–water partition coefficient (Wildman–Crippen LogP) is 2.38. The van der Waals surface area contributed by atoms with E-state index >= 15 is 0 Å². The number of hydrogen-bond acceptors (Lipinski definition) is 3. The lowest BCUT2D eigenvalue weighted by molar-refractivity contribution is 0.206. The molecule has 1 aliphatic rings. The molecule has 3 nitrogen and oxygen atoms in total. The van der Waals surface area contributed by atoms with Gasteiger partial charge in [-0.05, 0) is 38.1 Å². The summed E-state index contributed by atoms with van der Waals surface area (Å²) in [7, 11) is 0. The Morgan fingerprint density at radius 3 is 2.82 bits per heavy atom. The first kappa shape index (κ1) is 12.2. The standard InChI is InChI=1S/C14H22N2O/c1-12(10-16-7-2-3-8-16)11-17-14-6-4-5-13(15)9-14/h4-6,9,12H,2-3,7-8,10-11,15H2,1H3. The van der Waals surface area contributed by atoms with Crippen molar-refractivity contribution in [1.82, 2.24) is 4.90 Å². The van der Waals surface area contributed by atoms with Gasteiger partial charge < -0.3 is 15.4 Å². The van der Waals surface area contributed by atoms with Gasteiger partial charge in [-0.1, -0.05) is 13.0 Å². The molecule has 1 fully saturated rings. The summed E-state index contributed by atoms with van der Waals surface area (Å²) >= 11 is 0.